The highest BCUT2D eigenvalue weighted by Crippen LogP contribution is 2.32. The first-order valence-electron chi connectivity index (χ1n) is 10.2. The van der Waals surface area contributed by atoms with E-state index in [4.69, 9.17) is 4.74 Å². The molecule has 1 N–H and O–H groups in total. The molecular weight excluding hydrogens is 430 g/mol. The van der Waals surface area contributed by atoms with Gasteiger partial charge in [0.25, 0.3) is 0 Å². The van der Waals surface area contributed by atoms with E-state index < -0.39 is 26.0 Å². The molecule has 0 radical (unpaired) electrons. The smallest absolute Gasteiger partial charge is 0.246 e. The highest BCUT2D eigenvalue weighted by Gasteiger charge is 2.32. The highest BCUT2D eigenvalue weighted by atomic mass is 32.2. The largest absolute Gasteiger partial charge is 0.492 e. The predicted molar refractivity (Wildman–Crippen MR) is 113 cm³/mol. The Kier molecular flexibility index (Phi) is 7.05. The second-order valence-electron chi connectivity index (χ2n) is 7.66. The van der Waals surface area contributed by atoms with Gasteiger partial charge in [-0.25, -0.2) is 21.1 Å². The minimum Gasteiger partial charge on any atom is -0.492 e. The number of hydrogen-bond donors (Lipinski definition) is 1. The Labute approximate surface area is 178 Å². The van der Waals surface area contributed by atoms with Crippen molar-refractivity contribution in [3.05, 3.63) is 18.2 Å². The van der Waals surface area contributed by atoms with Gasteiger partial charge in [0.1, 0.15) is 10.6 Å². The van der Waals surface area contributed by atoms with Crippen LogP contribution in [0.15, 0.2) is 23.1 Å². The van der Waals surface area contributed by atoms with Crippen molar-refractivity contribution in [1.82, 2.24) is 8.61 Å². The Hall–Kier alpha value is -1.69. The predicted octanol–water partition coefficient (Wildman–Crippen LogP) is 1.48. The molecule has 0 aliphatic carbocycles. The summed E-state index contributed by atoms with van der Waals surface area (Å²) in [4.78, 5) is 12.8. The Balaban J connectivity index is 1.82. The number of anilines is 1. The molecule has 0 aromatic heterocycles. The van der Waals surface area contributed by atoms with Gasteiger partial charge in [-0.3, -0.25) is 4.79 Å². The van der Waals surface area contributed by atoms with Gasteiger partial charge in [0.2, 0.25) is 26.0 Å². The molecule has 30 heavy (non-hydrogen) atoms. The summed E-state index contributed by atoms with van der Waals surface area (Å²) in [5, 5.41) is 2.76. The molecule has 11 heteroatoms. The van der Waals surface area contributed by atoms with Crippen LogP contribution in [0.3, 0.4) is 0 Å². The quantitative estimate of drug-likeness (QED) is 0.661. The number of rotatable bonds is 7. The van der Waals surface area contributed by atoms with Gasteiger partial charge in [0.15, 0.2) is 0 Å². The SMILES string of the molecule is CCOc1ccc(NC(=O)[C@H]2CCCN(S(C)(=O)=O)C2)cc1S(=O)(=O)N1CCCC1. The Morgan fingerprint density at radius 3 is 2.40 bits per heavy atom. The van der Waals surface area contributed by atoms with Gasteiger partial charge in [-0.15, -0.1) is 0 Å². The zero-order chi connectivity index (χ0) is 21.9. The molecule has 1 amide bonds. The van der Waals surface area contributed by atoms with Crippen LogP contribution in [0.4, 0.5) is 5.69 Å². The van der Waals surface area contributed by atoms with Crippen molar-refractivity contribution in [3.63, 3.8) is 0 Å². The second-order valence-corrected chi connectivity index (χ2v) is 11.5. The fourth-order valence-corrected chi connectivity index (χ4v) is 6.42. The molecule has 1 aromatic carbocycles. The summed E-state index contributed by atoms with van der Waals surface area (Å²) < 4.78 is 58.0. The molecule has 2 saturated heterocycles. The van der Waals surface area contributed by atoms with E-state index in [1.54, 1.807) is 19.1 Å². The van der Waals surface area contributed by atoms with Gasteiger partial charge in [0.05, 0.1) is 18.8 Å². The van der Waals surface area contributed by atoms with E-state index in [2.05, 4.69) is 5.32 Å². The number of benzene rings is 1. The third-order valence-electron chi connectivity index (χ3n) is 5.42. The molecule has 168 valence electrons. The van der Waals surface area contributed by atoms with Gasteiger partial charge in [-0.1, -0.05) is 0 Å². The van der Waals surface area contributed by atoms with E-state index in [9.17, 15) is 21.6 Å². The lowest BCUT2D eigenvalue weighted by atomic mass is 9.98. The normalized spacial score (nSPS) is 21.5. The van der Waals surface area contributed by atoms with E-state index in [1.807, 2.05) is 0 Å². The van der Waals surface area contributed by atoms with Crippen LogP contribution in [0.1, 0.15) is 32.6 Å². The number of ether oxygens (including phenoxy) is 1. The third-order valence-corrected chi connectivity index (χ3v) is 8.61. The number of piperidine rings is 1. The average molecular weight is 460 g/mol. The second kappa shape index (κ2) is 9.21. The van der Waals surface area contributed by atoms with Gasteiger partial charge in [-0.05, 0) is 50.8 Å². The average Bonchev–Trinajstić information content (AvgIpc) is 3.24. The lowest BCUT2D eigenvalue weighted by molar-refractivity contribution is -0.120. The lowest BCUT2D eigenvalue weighted by Gasteiger charge is -2.30. The van der Waals surface area contributed by atoms with Crippen molar-refractivity contribution in [2.75, 3.05) is 44.4 Å². The number of amides is 1. The van der Waals surface area contributed by atoms with E-state index >= 15 is 0 Å². The molecule has 1 aromatic rings. The van der Waals surface area contributed by atoms with Crippen LogP contribution in [-0.4, -0.2) is 70.4 Å². The summed E-state index contributed by atoms with van der Waals surface area (Å²) in [5.41, 5.74) is 0.345. The van der Waals surface area contributed by atoms with E-state index in [0.29, 0.717) is 44.8 Å². The topological polar surface area (TPSA) is 113 Å². The maximum absolute atomic E-state index is 13.1. The van der Waals surface area contributed by atoms with Crippen molar-refractivity contribution in [3.8, 4) is 5.75 Å². The van der Waals surface area contributed by atoms with Crippen molar-refractivity contribution >= 4 is 31.6 Å². The Morgan fingerprint density at radius 2 is 1.77 bits per heavy atom. The number of carbonyl (C=O) groups is 1. The zero-order valence-corrected chi connectivity index (χ0v) is 19.0. The van der Waals surface area contributed by atoms with E-state index in [0.717, 1.165) is 19.1 Å². The van der Waals surface area contributed by atoms with Crippen LogP contribution in [0.5, 0.6) is 5.75 Å². The molecule has 2 heterocycles. The lowest BCUT2D eigenvalue weighted by Crippen LogP contribution is -2.43. The van der Waals surface area contributed by atoms with Crippen molar-refractivity contribution in [2.24, 2.45) is 5.92 Å². The number of nitrogens with one attached hydrogen (secondary N) is 1. The summed E-state index contributed by atoms with van der Waals surface area (Å²) in [6.45, 7) is 3.56. The molecule has 3 rings (SSSR count). The van der Waals surface area contributed by atoms with Crippen molar-refractivity contribution < 1.29 is 26.4 Å². The molecule has 1 atom stereocenters. The van der Waals surface area contributed by atoms with Crippen LogP contribution in [0.25, 0.3) is 0 Å². The van der Waals surface area contributed by atoms with Gasteiger partial charge in [0, 0.05) is 31.9 Å². The summed E-state index contributed by atoms with van der Waals surface area (Å²) in [5.74, 6) is -0.556. The number of hydrogen-bond acceptors (Lipinski definition) is 6. The number of nitrogens with zero attached hydrogens (tertiary/aromatic N) is 2. The summed E-state index contributed by atoms with van der Waals surface area (Å²) in [7, 11) is -7.09. The molecule has 0 bridgehead atoms. The summed E-state index contributed by atoms with van der Waals surface area (Å²) >= 11 is 0. The van der Waals surface area contributed by atoms with Crippen LogP contribution in [0, 0.1) is 5.92 Å². The molecule has 0 spiro atoms. The monoisotopic (exact) mass is 459 g/mol. The molecule has 9 nitrogen and oxygen atoms in total. The van der Waals surface area contributed by atoms with E-state index in [1.165, 1.54) is 14.7 Å². The Morgan fingerprint density at radius 1 is 1.10 bits per heavy atom. The van der Waals surface area contributed by atoms with Crippen molar-refractivity contribution in [1.29, 1.82) is 0 Å². The van der Waals surface area contributed by atoms with Gasteiger partial charge in [-0.2, -0.15) is 4.31 Å². The first kappa shape index (κ1) is 23.0. The maximum Gasteiger partial charge on any atom is 0.246 e. The molecule has 2 fully saturated rings. The number of carbonyl (C=O) groups excluding carboxylic acids is 1. The summed E-state index contributed by atoms with van der Waals surface area (Å²) in [6, 6.07) is 4.57. The fraction of sp³-hybridized carbons (Fsp3) is 0.632. The third kappa shape index (κ3) is 5.13. The standard InChI is InChI=1S/C19H29N3O6S2/c1-3-28-17-9-8-16(13-18(17)30(26,27)21-10-4-5-11-21)20-19(23)15-7-6-12-22(14-15)29(2,24)25/h8-9,13,15H,3-7,10-12,14H2,1-2H3,(H,20,23)/t15-/m0/s1. The minimum atomic E-state index is -3.73. The summed E-state index contributed by atoms with van der Waals surface area (Å²) in [6.07, 6.45) is 3.95. The molecule has 0 saturated carbocycles. The van der Waals surface area contributed by atoms with Crippen LogP contribution in [0.2, 0.25) is 0 Å². The van der Waals surface area contributed by atoms with Crippen LogP contribution >= 0.6 is 0 Å². The van der Waals surface area contributed by atoms with Gasteiger partial charge < -0.3 is 10.1 Å². The first-order chi connectivity index (χ1) is 14.1. The maximum atomic E-state index is 13.1. The highest BCUT2D eigenvalue weighted by molar-refractivity contribution is 7.89. The van der Waals surface area contributed by atoms with Gasteiger partial charge >= 0.3 is 0 Å². The van der Waals surface area contributed by atoms with Crippen LogP contribution in [-0.2, 0) is 24.8 Å². The van der Waals surface area contributed by atoms with E-state index in [-0.39, 0.29) is 23.1 Å². The molecule has 2 aliphatic rings. The van der Waals surface area contributed by atoms with Crippen LogP contribution < -0.4 is 10.1 Å². The number of sulfonamides is 2. The molecule has 0 unspecified atom stereocenters. The Bertz CT molecular complexity index is 988. The van der Waals surface area contributed by atoms with Crippen molar-refractivity contribution in [2.45, 2.75) is 37.5 Å². The first-order valence-corrected chi connectivity index (χ1v) is 13.4. The molecular formula is C19H29N3O6S2. The zero-order valence-electron chi connectivity index (χ0n) is 17.3. The minimum absolute atomic E-state index is 0.0328. The molecule has 2 aliphatic heterocycles. The fourth-order valence-electron chi connectivity index (χ4n) is 3.83.